The minimum absolute atomic E-state index is 0.253. The molecule has 0 aromatic heterocycles. The molecular formula is C15H11NO4S. The maximum atomic E-state index is 12.3. The molecule has 0 radical (unpaired) electrons. The first-order valence-electron chi connectivity index (χ1n) is 6.38. The number of hydroxylamine groups is 2. The van der Waals surface area contributed by atoms with E-state index >= 15 is 0 Å². The van der Waals surface area contributed by atoms with E-state index in [1.807, 2.05) is 24.3 Å². The Balaban J connectivity index is 2.00. The van der Waals surface area contributed by atoms with Crippen LogP contribution < -0.4 is 0 Å². The number of nitrogens with zero attached hydrogens (tertiary/aromatic N) is 1. The first-order chi connectivity index (χ1) is 10.1. The standard InChI is InChI=1S/C15H11NO4S/c1-2-19-15(21)20-16-13(17)11-7-9-5-3-4-6-10(9)8-12(11)14(16)18/h3-8H,2H2,1H3. The van der Waals surface area contributed by atoms with Crippen molar-refractivity contribution in [2.24, 2.45) is 0 Å². The lowest BCUT2D eigenvalue weighted by molar-refractivity contribution is -0.0385. The monoisotopic (exact) mass is 301 g/mol. The lowest BCUT2D eigenvalue weighted by Gasteiger charge is -2.13. The first-order valence-corrected chi connectivity index (χ1v) is 6.79. The van der Waals surface area contributed by atoms with E-state index in [1.54, 1.807) is 19.1 Å². The van der Waals surface area contributed by atoms with Crippen LogP contribution in [0.1, 0.15) is 27.6 Å². The number of benzene rings is 2. The molecule has 2 aromatic rings. The van der Waals surface area contributed by atoms with E-state index in [0.29, 0.717) is 22.8 Å². The normalized spacial score (nSPS) is 13.5. The summed E-state index contributed by atoms with van der Waals surface area (Å²) in [6.45, 7) is 2.02. The van der Waals surface area contributed by atoms with Gasteiger partial charge in [-0.05, 0) is 29.8 Å². The van der Waals surface area contributed by atoms with Gasteiger partial charge < -0.3 is 9.57 Å². The highest BCUT2D eigenvalue weighted by Crippen LogP contribution is 2.28. The molecule has 0 spiro atoms. The highest BCUT2D eigenvalue weighted by molar-refractivity contribution is 7.79. The SMILES string of the molecule is CCOC(=S)ON1C(=O)c2cc3ccccc3cc2C1=O. The molecule has 6 heteroatoms. The maximum Gasteiger partial charge on any atom is 0.378 e. The zero-order valence-corrected chi connectivity index (χ0v) is 12.0. The average Bonchev–Trinajstić information content (AvgIpc) is 2.70. The van der Waals surface area contributed by atoms with E-state index in [1.165, 1.54) is 0 Å². The van der Waals surface area contributed by atoms with E-state index < -0.39 is 11.8 Å². The van der Waals surface area contributed by atoms with Gasteiger partial charge in [0.25, 0.3) is 11.8 Å². The summed E-state index contributed by atoms with van der Waals surface area (Å²) in [4.78, 5) is 29.5. The Morgan fingerprint density at radius 1 is 1.10 bits per heavy atom. The second-order valence-corrected chi connectivity index (χ2v) is 4.76. The number of fused-ring (bicyclic) bond motifs is 2. The summed E-state index contributed by atoms with van der Waals surface area (Å²) in [5.41, 5.74) is 0.607. The van der Waals surface area contributed by atoms with Crippen LogP contribution in [0, 0.1) is 0 Å². The van der Waals surface area contributed by atoms with Gasteiger partial charge >= 0.3 is 5.24 Å². The summed E-state index contributed by atoms with van der Waals surface area (Å²) in [6, 6.07) is 10.8. The second-order valence-electron chi connectivity index (χ2n) is 4.42. The van der Waals surface area contributed by atoms with Crippen LogP contribution in [0.15, 0.2) is 36.4 Å². The van der Waals surface area contributed by atoms with Crippen LogP contribution in [0.2, 0.25) is 0 Å². The molecular weight excluding hydrogens is 290 g/mol. The Kier molecular flexibility index (Phi) is 3.31. The van der Waals surface area contributed by atoms with E-state index in [9.17, 15) is 9.59 Å². The second kappa shape index (κ2) is 5.14. The molecule has 0 saturated carbocycles. The Morgan fingerprint density at radius 2 is 1.62 bits per heavy atom. The molecule has 0 unspecified atom stereocenters. The topological polar surface area (TPSA) is 55.8 Å². The van der Waals surface area contributed by atoms with Gasteiger partial charge in [0, 0.05) is 12.2 Å². The summed E-state index contributed by atoms with van der Waals surface area (Å²) in [7, 11) is 0. The van der Waals surface area contributed by atoms with Crippen molar-refractivity contribution in [3.63, 3.8) is 0 Å². The summed E-state index contributed by atoms with van der Waals surface area (Å²) in [5, 5.41) is 2.15. The summed E-state index contributed by atoms with van der Waals surface area (Å²) < 4.78 is 4.94. The fourth-order valence-electron chi connectivity index (χ4n) is 2.21. The van der Waals surface area contributed by atoms with E-state index in [2.05, 4.69) is 0 Å². The summed E-state index contributed by atoms with van der Waals surface area (Å²) in [6.07, 6.45) is 0. The van der Waals surface area contributed by atoms with Crippen LogP contribution in [-0.4, -0.2) is 28.7 Å². The molecule has 0 N–H and O–H groups in total. The van der Waals surface area contributed by atoms with Crippen LogP contribution in [0.5, 0.6) is 0 Å². The Morgan fingerprint density at radius 3 is 2.10 bits per heavy atom. The lowest BCUT2D eigenvalue weighted by atomic mass is 10.0. The highest BCUT2D eigenvalue weighted by atomic mass is 32.1. The van der Waals surface area contributed by atoms with Gasteiger partial charge in [0.15, 0.2) is 0 Å². The number of carbonyl (C=O) groups excluding carboxylic acids is 2. The van der Waals surface area contributed by atoms with Gasteiger partial charge in [-0.15, -0.1) is 0 Å². The molecule has 3 rings (SSSR count). The van der Waals surface area contributed by atoms with E-state index in [-0.39, 0.29) is 5.24 Å². The summed E-state index contributed by atoms with van der Waals surface area (Å²) in [5.74, 6) is -1.08. The predicted molar refractivity (Wildman–Crippen MR) is 79.8 cm³/mol. The maximum absolute atomic E-state index is 12.3. The van der Waals surface area contributed by atoms with E-state index in [0.717, 1.165) is 10.8 Å². The number of hydrogen-bond acceptors (Lipinski definition) is 5. The van der Waals surface area contributed by atoms with E-state index in [4.69, 9.17) is 21.8 Å². The molecule has 0 fully saturated rings. The molecule has 1 aliphatic heterocycles. The fraction of sp³-hybridized carbons (Fsp3) is 0.133. The largest absolute Gasteiger partial charge is 0.456 e. The predicted octanol–water partition coefficient (Wildman–Crippen LogP) is 2.69. The van der Waals surface area contributed by atoms with Crippen molar-refractivity contribution in [2.75, 3.05) is 6.61 Å². The molecule has 0 saturated heterocycles. The third-order valence-corrected chi connectivity index (χ3v) is 3.34. The molecule has 5 nitrogen and oxygen atoms in total. The highest BCUT2D eigenvalue weighted by Gasteiger charge is 2.38. The molecule has 2 aromatic carbocycles. The van der Waals surface area contributed by atoms with Gasteiger partial charge in [-0.1, -0.05) is 29.3 Å². The molecule has 0 atom stereocenters. The number of thiocarbonyl (C=S) groups is 1. The van der Waals surface area contributed by atoms with Gasteiger partial charge in [0.2, 0.25) is 0 Å². The van der Waals surface area contributed by atoms with Crippen molar-refractivity contribution in [3.8, 4) is 0 Å². The minimum atomic E-state index is -0.539. The smallest absolute Gasteiger partial charge is 0.378 e. The average molecular weight is 301 g/mol. The van der Waals surface area contributed by atoms with Crippen molar-refractivity contribution in [3.05, 3.63) is 47.5 Å². The van der Waals surface area contributed by atoms with Gasteiger partial charge in [-0.3, -0.25) is 9.59 Å². The zero-order valence-electron chi connectivity index (χ0n) is 11.2. The van der Waals surface area contributed by atoms with Gasteiger partial charge in [-0.2, -0.15) is 0 Å². The van der Waals surface area contributed by atoms with Crippen molar-refractivity contribution in [2.45, 2.75) is 6.92 Å². The number of hydrogen-bond donors (Lipinski definition) is 0. The Labute approximate surface area is 126 Å². The minimum Gasteiger partial charge on any atom is -0.456 e. The van der Waals surface area contributed by atoms with Crippen LogP contribution in [0.4, 0.5) is 0 Å². The van der Waals surface area contributed by atoms with Gasteiger partial charge in [0.1, 0.15) is 0 Å². The molecule has 21 heavy (non-hydrogen) atoms. The number of amides is 2. The van der Waals surface area contributed by atoms with Crippen LogP contribution in [0.3, 0.4) is 0 Å². The third-order valence-electron chi connectivity index (χ3n) is 3.14. The number of imide groups is 1. The number of rotatable bonds is 2. The van der Waals surface area contributed by atoms with Crippen LogP contribution >= 0.6 is 12.2 Å². The van der Waals surface area contributed by atoms with Crippen LogP contribution in [-0.2, 0) is 9.57 Å². The molecule has 106 valence electrons. The molecule has 0 aliphatic carbocycles. The molecule has 1 aliphatic rings. The van der Waals surface area contributed by atoms with Crippen molar-refractivity contribution in [1.82, 2.24) is 5.06 Å². The molecule has 2 amide bonds. The summed E-state index contributed by atoms with van der Waals surface area (Å²) >= 11 is 4.80. The zero-order chi connectivity index (χ0) is 15.0. The van der Waals surface area contributed by atoms with Crippen LogP contribution in [0.25, 0.3) is 10.8 Å². The molecule has 0 bridgehead atoms. The number of ether oxygens (including phenoxy) is 1. The molecule has 1 heterocycles. The Hall–Kier alpha value is -2.47. The number of carbonyl (C=O) groups is 2. The first kappa shape index (κ1) is 13.5. The van der Waals surface area contributed by atoms with Gasteiger partial charge in [0.05, 0.1) is 17.7 Å². The lowest BCUT2D eigenvalue weighted by Crippen LogP contribution is -2.32. The quantitative estimate of drug-likeness (QED) is 0.630. The van der Waals surface area contributed by atoms with Crippen molar-refractivity contribution in [1.29, 1.82) is 0 Å². The van der Waals surface area contributed by atoms with Gasteiger partial charge in [-0.25, -0.2) is 0 Å². The fourth-order valence-corrected chi connectivity index (χ4v) is 2.40. The third kappa shape index (κ3) is 2.23. The Bertz CT molecular complexity index is 717. The van der Waals surface area contributed by atoms with Crippen molar-refractivity contribution >= 4 is 40.0 Å². The van der Waals surface area contributed by atoms with Crippen molar-refractivity contribution < 1.29 is 19.2 Å².